The number of carboxylic acid groups (broad SMARTS) is 1. The average molecular weight is 396 g/mol. The number of benzene rings is 2. The molecule has 1 N–H and O–H groups in total. The molecular weight excluding hydrogens is 375 g/mol. The van der Waals surface area contributed by atoms with E-state index in [0.29, 0.717) is 36.7 Å². The Bertz CT molecular complexity index is 1000. The van der Waals surface area contributed by atoms with E-state index in [4.69, 9.17) is 14.3 Å². The van der Waals surface area contributed by atoms with E-state index < -0.39 is 5.97 Å². The highest BCUT2D eigenvalue weighted by Gasteiger charge is 2.23. The first-order valence-electron chi connectivity index (χ1n) is 9.48. The number of ether oxygens (including phenoxy) is 1. The number of nitrogens with zero attached hydrogens (tertiary/aromatic N) is 2. The molecule has 1 aliphatic rings. The van der Waals surface area contributed by atoms with Gasteiger partial charge in [-0.1, -0.05) is 18.2 Å². The second-order valence-electron chi connectivity index (χ2n) is 6.96. The minimum atomic E-state index is -0.797. The third kappa shape index (κ3) is 4.63. The van der Waals surface area contributed by atoms with Gasteiger partial charge in [0.1, 0.15) is 23.9 Å². The first-order chi connectivity index (χ1) is 14.1. The molecule has 4 rings (SSSR count). The summed E-state index contributed by atoms with van der Waals surface area (Å²) in [4.78, 5) is 17.4. The molecule has 2 aromatic carbocycles. The SMILES string of the molecule is O=C(O)CCN1CCc2oc(-c3ccc(OCc4ccccc4F)cc3)nc2C1. The van der Waals surface area contributed by atoms with E-state index in [-0.39, 0.29) is 18.8 Å². The standard InChI is InChI=1S/C22H21FN2O4/c23-18-4-2-1-3-16(18)14-28-17-7-5-15(6-8-17)22-24-19-13-25(12-10-21(26)27)11-9-20(19)29-22/h1-8H,9-14H2,(H,26,27). The van der Waals surface area contributed by atoms with Crippen molar-refractivity contribution in [2.45, 2.75) is 26.0 Å². The van der Waals surface area contributed by atoms with Gasteiger partial charge < -0.3 is 14.3 Å². The molecule has 3 aromatic rings. The minimum Gasteiger partial charge on any atom is -0.489 e. The fourth-order valence-corrected chi connectivity index (χ4v) is 3.29. The predicted octanol–water partition coefficient (Wildman–Crippen LogP) is 3.89. The van der Waals surface area contributed by atoms with Crippen LogP contribution in [0.15, 0.2) is 52.9 Å². The van der Waals surface area contributed by atoms with Crippen LogP contribution in [-0.2, 0) is 24.4 Å². The Hall–Kier alpha value is -3.19. The molecule has 0 saturated heterocycles. The molecular formula is C22H21FN2O4. The molecule has 0 amide bonds. The maximum absolute atomic E-state index is 13.7. The van der Waals surface area contributed by atoms with Crippen molar-refractivity contribution in [1.29, 1.82) is 0 Å². The highest BCUT2D eigenvalue weighted by Crippen LogP contribution is 2.27. The molecule has 0 saturated carbocycles. The van der Waals surface area contributed by atoms with E-state index in [2.05, 4.69) is 9.88 Å². The zero-order chi connectivity index (χ0) is 20.2. The van der Waals surface area contributed by atoms with Crippen molar-refractivity contribution in [3.8, 4) is 17.2 Å². The molecule has 0 aliphatic carbocycles. The number of aromatic nitrogens is 1. The lowest BCUT2D eigenvalue weighted by atomic mass is 10.1. The van der Waals surface area contributed by atoms with Crippen molar-refractivity contribution in [1.82, 2.24) is 9.88 Å². The van der Waals surface area contributed by atoms with Gasteiger partial charge in [-0.05, 0) is 30.3 Å². The van der Waals surface area contributed by atoms with Crippen LogP contribution in [0, 0.1) is 5.82 Å². The van der Waals surface area contributed by atoms with Crippen LogP contribution in [0.4, 0.5) is 4.39 Å². The molecule has 0 fully saturated rings. The van der Waals surface area contributed by atoms with Gasteiger partial charge in [0.25, 0.3) is 0 Å². The molecule has 0 atom stereocenters. The normalized spacial score (nSPS) is 13.8. The topological polar surface area (TPSA) is 75.8 Å². The van der Waals surface area contributed by atoms with Gasteiger partial charge in [0.15, 0.2) is 0 Å². The van der Waals surface area contributed by atoms with Crippen molar-refractivity contribution in [3.63, 3.8) is 0 Å². The monoisotopic (exact) mass is 396 g/mol. The van der Waals surface area contributed by atoms with Gasteiger partial charge in [0, 0.05) is 37.2 Å². The number of aliphatic carboxylic acids is 1. The van der Waals surface area contributed by atoms with Crippen LogP contribution in [-0.4, -0.2) is 34.0 Å². The molecule has 29 heavy (non-hydrogen) atoms. The number of rotatable bonds is 7. The van der Waals surface area contributed by atoms with Gasteiger partial charge in [0.05, 0.1) is 12.1 Å². The van der Waals surface area contributed by atoms with E-state index in [1.807, 2.05) is 12.1 Å². The van der Waals surface area contributed by atoms with Gasteiger partial charge in [-0.15, -0.1) is 0 Å². The summed E-state index contributed by atoms with van der Waals surface area (Å²) >= 11 is 0. The maximum atomic E-state index is 13.7. The van der Waals surface area contributed by atoms with Gasteiger partial charge in [-0.3, -0.25) is 9.69 Å². The summed E-state index contributed by atoms with van der Waals surface area (Å²) in [6.07, 6.45) is 0.834. The van der Waals surface area contributed by atoms with E-state index >= 15 is 0 Å². The lowest BCUT2D eigenvalue weighted by Crippen LogP contribution is -2.32. The Balaban J connectivity index is 1.40. The number of hydrogen-bond donors (Lipinski definition) is 1. The second-order valence-corrected chi connectivity index (χ2v) is 6.96. The molecule has 1 aromatic heterocycles. The lowest BCUT2D eigenvalue weighted by molar-refractivity contribution is -0.137. The summed E-state index contributed by atoms with van der Waals surface area (Å²) < 4.78 is 25.2. The molecule has 1 aliphatic heterocycles. The molecule has 0 radical (unpaired) electrons. The molecule has 150 valence electrons. The Morgan fingerprint density at radius 3 is 2.76 bits per heavy atom. The van der Waals surface area contributed by atoms with E-state index in [1.54, 1.807) is 30.3 Å². The quantitative estimate of drug-likeness (QED) is 0.653. The van der Waals surface area contributed by atoms with Crippen LogP contribution in [0.3, 0.4) is 0 Å². The predicted molar refractivity (Wildman–Crippen MR) is 104 cm³/mol. The van der Waals surface area contributed by atoms with Gasteiger partial charge >= 0.3 is 5.97 Å². The van der Waals surface area contributed by atoms with Crippen molar-refractivity contribution in [2.75, 3.05) is 13.1 Å². The summed E-state index contributed by atoms with van der Waals surface area (Å²) in [7, 11) is 0. The smallest absolute Gasteiger partial charge is 0.304 e. The highest BCUT2D eigenvalue weighted by atomic mass is 19.1. The molecule has 0 unspecified atom stereocenters. The largest absolute Gasteiger partial charge is 0.489 e. The number of carboxylic acids is 1. The fraction of sp³-hybridized carbons (Fsp3) is 0.273. The van der Waals surface area contributed by atoms with Crippen molar-refractivity contribution < 1.29 is 23.4 Å². The Labute approximate surface area is 167 Å². The van der Waals surface area contributed by atoms with Crippen LogP contribution in [0.2, 0.25) is 0 Å². The van der Waals surface area contributed by atoms with Crippen LogP contribution >= 0.6 is 0 Å². The number of hydrogen-bond acceptors (Lipinski definition) is 5. The summed E-state index contributed by atoms with van der Waals surface area (Å²) in [5.41, 5.74) is 2.19. The molecule has 6 nitrogen and oxygen atoms in total. The van der Waals surface area contributed by atoms with Gasteiger partial charge in [-0.25, -0.2) is 9.37 Å². The average Bonchev–Trinajstić information content (AvgIpc) is 3.15. The molecule has 2 heterocycles. The number of oxazole rings is 1. The minimum absolute atomic E-state index is 0.119. The lowest BCUT2D eigenvalue weighted by Gasteiger charge is -2.24. The van der Waals surface area contributed by atoms with E-state index in [0.717, 1.165) is 23.6 Å². The summed E-state index contributed by atoms with van der Waals surface area (Å²) in [5.74, 6) is 0.941. The number of carbonyl (C=O) groups is 1. The fourth-order valence-electron chi connectivity index (χ4n) is 3.29. The second kappa shape index (κ2) is 8.45. The first kappa shape index (κ1) is 19.1. The van der Waals surface area contributed by atoms with E-state index in [1.165, 1.54) is 6.07 Å². The molecule has 0 bridgehead atoms. The summed E-state index contributed by atoms with van der Waals surface area (Å²) in [6, 6.07) is 13.9. The third-order valence-electron chi connectivity index (χ3n) is 4.90. The Morgan fingerprint density at radius 1 is 1.21 bits per heavy atom. The van der Waals surface area contributed by atoms with Crippen molar-refractivity contribution >= 4 is 5.97 Å². The van der Waals surface area contributed by atoms with Crippen molar-refractivity contribution in [3.05, 3.63) is 71.4 Å². The van der Waals surface area contributed by atoms with Gasteiger partial charge in [0.2, 0.25) is 5.89 Å². The zero-order valence-corrected chi connectivity index (χ0v) is 15.8. The third-order valence-corrected chi connectivity index (χ3v) is 4.90. The van der Waals surface area contributed by atoms with Crippen molar-refractivity contribution in [2.24, 2.45) is 0 Å². The summed E-state index contributed by atoms with van der Waals surface area (Å²) in [5, 5.41) is 8.84. The highest BCUT2D eigenvalue weighted by molar-refractivity contribution is 5.66. The van der Waals surface area contributed by atoms with Gasteiger partial charge in [-0.2, -0.15) is 0 Å². The van der Waals surface area contributed by atoms with Crippen LogP contribution in [0.25, 0.3) is 11.5 Å². The van der Waals surface area contributed by atoms with Crippen LogP contribution in [0.5, 0.6) is 5.75 Å². The zero-order valence-electron chi connectivity index (χ0n) is 15.8. The Morgan fingerprint density at radius 2 is 2.00 bits per heavy atom. The first-order valence-corrected chi connectivity index (χ1v) is 9.48. The molecule has 0 spiro atoms. The molecule has 7 heteroatoms. The number of fused-ring (bicyclic) bond motifs is 1. The maximum Gasteiger partial charge on any atom is 0.304 e. The Kier molecular flexibility index (Phi) is 5.57. The van der Waals surface area contributed by atoms with Crippen LogP contribution < -0.4 is 4.74 Å². The van der Waals surface area contributed by atoms with E-state index in [9.17, 15) is 9.18 Å². The summed E-state index contributed by atoms with van der Waals surface area (Å²) in [6.45, 7) is 2.02. The van der Waals surface area contributed by atoms with Crippen LogP contribution in [0.1, 0.15) is 23.4 Å². The number of halogens is 1.